The van der Waals surface area contributed by atoms with Crippen molar-refractivity contribution in [2.24, 2.45) is 0 Å². The highest BCUT2D eigenvalue weighted by atomic mass is 16.3. The molecule has 3 rings (SSSR count). The number of nitrogens with one attached hydrogen (secondary N) is 2. The summed E-state index contributed by atoms with van der Waals surface area (Å²) in [6, 6.07) is 8.86. The Hall–Kier alpha value is -3.02. The van der Waals surface area contributed by atoms with Gasteiger partial charge in [-0.2, -0.15) is 0 Å². The molecule has 1 amide bonds. The number of nitrogens with zero attached hydrogens (tertiary/aromatic N) is 1. The summed E-state index contributed by atoms with van der Waals surface area (Å²) in [6.45, 7) is 0. The molecule has 0 aliphatic carbocycles. The Morgan fingerprint density at radius 1 is 1.30 bits per heavy atom. The minimum absolute atomic E-state index is 0.242. The number of nitrogens with two attached hydrogens (primary N) is 1. The molecule has 0 fully saturated rings. The molecule has 3 aromatic rings. The van der Waals surface area contributed by atoms with Crippen LogP contribution in [0.3, 0.4) is 0 Å². The second-order valence-electron chi connectivity index (χ2n) is 4.24. The molecule has 20 heavy (non-hydrogen) atoms. The van der Waals surface area contributed by atoms with E-state index in [-0.39, 0.29) is 5.91 Å². The van der Waals surface area contributed by atoms with Gasteiger partial charge in [0.2, 0.25) is 0 Å². The normalized spacial score (nSPS) is 10.4. The third-order valence-electron chi connectivity index (χ3n) is 2.81. The number of rotatable bonds is 3. The van der Waals surface area contributed by atoms with Crippen LogP contribution in [0.2, 0.25) is 0 Å². The Morgan fingerprint density at radius 2 is 2.10 bits per heavy atom. The van der Waals surface area contributed by atoms with E-state index in [4.69, 9.17) is 10.2 Å². The van der Waals surface area contributed by atoms with Crippen LogP contribution in [0.1, 0.15) is 10.5 Å². The predicted octanol–water partition coefficient (Wildman–Crippen LogP) is 2.50. The average Bonchev–Trinajstić information content (AvgIpc) is 3.10. The maximum Gasteiger partial charge on any atom is 0.272 e. The van der Waals surface area contributed by atoms with Crippen molar-refractivity contribution in [1.82, 2.24) is 9.97 Å². The number of aromatic amines is 1. The number of nitrogen functional groups attached to an aromatic ring is 1. The lowest BCUT2D eigenvalue weighted by Crippen LogP contribution is -2.11. The molecule has 0 atom stereocenters. The number of H-pyrrole nitrogens is 1. The zero-order chi connectivity index (χ0) is 13.9. The molecule has 1 aromatic carbocycles. The van der Waals surface area contributed by atoms with E-state index in [0.717, 1.165) is 5.56 Å². The number of anilines is 2. The van der Waals surface area contributed by atoms with E-state index in [1.54, 1.807) is 30.6 Å². The van der Waals surface area contributed by atoms with E-state index in [9.17, 15) is 4.79 Å². The summed E-state index contributed by atoms with van der Waals surface area (Å²) in [6.07, 6.45) is 4.58. The van der Waals surface area contributed by atoms with Crippen molar-refractivity contribution in [1.29, 1.82) is 0 Å². The monoisotopic (exact) mass is 268 g/mol. The molecule has 0 saturated carbocycles. The molecule has 2 aromatic heterocycles. The van der Waals surface area contributed by atoms with Gasteiger partial charge in [-0.15, -0.1) is 0 Å². The second kappa shape index (κ2) is 4.93. The van der Waals surface area contributed by atoms with Crippen LogP contribution in [0.15, 0.2) is 53.5 Å². The van der Waals surface area contributed by atoms with Gasteiger partial charge < -0.3 is 20.5 Å². The number of amides is 1. The van der Waals surface area contributed by atoms with E-state index >= 15 is 0 Å². The van der Waals surface area contributed by atoms with Gasteiger partial charge in [0, 0.05) is 23.1 Å². The standard InChI is InChI=1S/C14H12N4O2/c15-10-5-12(17-6-10)14(19)18-11-3-1-9(2-4-11)13-7-16-8-20-13/h1-8,17H,15H2,(H,18,19). The third kappa shape index (κ3) is 2.39. The Labute approximate surface area is 114 Å². The molecule has 0 aliphatic heterocycles. The molecule has 6 heteroatoms. The topological polar surface area (TPSA) is 96.9 Å². The van der Waals surface area contributed by atoms with Crippen LogP contribution < -0.4 is 11.1 Å². The average molecular weight is 268 g/mol. The van der Waals surface area contributed by atoms with Gasteiger partial charge in [-0.25, -0.2) is 4.98 Å². The molecule has 0 aliphatic rings. The first-order valence-corrected chi connectivity index (χ1v) is 5.96. The minimum Gasteiger partial charge on any atom is -0.444 e. The zero-order valence-corrected chi connectivity index (χ0v) is 10.5. The molecule has 0 radical (unpaired) electrons. The van der Waals surface area contributed by atoms with Gasteiger partial charge in [-0.3, -0.25) is 4.79 Å². The highest BCUT2D eigenvalue weighted by molar-refractivity contribution is 6.03. The number of hydrogen-bond acceptors (Lipinski definition) is 4. The van der Waals surface area contributed by atoms with Crippen LogP contribution in [0.25, 0.3) is 11.3 Å². The van der Waals surface area contributed by atoms with E-state index in [2.05, 4.69) is 15.3 Å². The van der Waals surface area contributed by atoms with Gasteiger partial charge >= 0.3 is 0 Å². The van der Waals surface area contributed by atoms with Crippen LogP contribution in [-0.4, -0.2) is 15.9 Å². The van der Waals surface area contributed by atoms with Crippen molar-refractivity contribution in [3.05, 3.63) is 54.8 Å². The fourth-order valence-electron chi connectivity index (χ4n) is 1.82. The van der Waals surface area contributed by atoms with Crippen LogP contribution in [0, 0.1) is 0 Å². The fourth-order valence-corrected chi connectivity index (χ4v) is 1.82. The van der Waals surface area contributed by atoms with Gasteiger partial charge in [-0.05, 0) is 30.3 Å². The number of carbonyl (C=O) groups is 1. The highest BCUT2D eigenvalue weighted by Gasteiger charge is 2.08. The number of hydrogen-bond donors (Lipinski definition) is 3. The quantitative estimate of drug-likeness (QED) is 0.679. The van der Waals surface area contributed by atoms with Crippen molar-refractivity contribution in [3.8, 4) is 11.3 Å². The van der Waals surface area contributed by atoms with Crippen molar-refractivity contribution >= 4 is 17.3 Å². The minimum atomic E-state index is -0.242. The van der Waals surface area contributed by atoms with Crippen LogP contribution in [0.4, 0.5) is 11.4 Å². The number of aromatic nitrogens is 2. The molecule has 6 nitrogen and oxygen atoms in total. The van der Waals surface area contributed by atoms with E-state index < -0.39 is 0 Å². The molecule has 0 bridgehead atoms. The molecule has 2 heterocycles. The summed E-state index contributed by atoms with van der Waals surface area (Å²) in [7, 11) is 0. The second-order valence-corrected chi connectivity index (χ2v) is 4.24. The molecule has 0 saturated heterocycles. The highest BCUT2D eigenvalue weighted by Crippen LogP contribution is 2.21. The van der Waals surface area contributed by atoms with Crippen molar-refractivity contribution in [2.45, 2.75) is 0 Å². The van der Waals surface area contributed by atoms with Crippen molar-refractivity contribution in [3.63, 3.8) is 0 Å². The molecule has 100 valence electrons. The van der Waals surface area contributed by atoms with Crippen LogP contribution >= 0.6 is 0 Å². The first-order valence-electron chi connectivity index (χ1n) is 5.96. The number of oxazole rings is 1. The predicted molar refractivity (Wildman–Crippen MR) is 75.1 cm³/mol. The molecular weight excluding hydrogens is 256 g/mol. The van der Waals surface area contributed by atoms with Gasteiger partial charge in [-0.1, -0.05) is 0 Å². The smallest absolute Gasteiger partial charge is 0.272 e. The maximum absolute atomic E-state index is 11.9. The first-order chi connectivity index (χ1) is 9.72. The van der Waals surface area contributed by atoms with E-state index in [0.29, 0.717) is 22.8 Å². The van der Waals surface area contributed by atoms with Gasteiger partial charge in [0.25, 0.3) is 5.91 Å². The maximum atomic E-state index is 11.9. The third-order valence-corrected chi connectivity index (χ3v) is 2.81. The Morgan fingerprint density at radius 3 is 2.70 bits per heavy atom. The first kappa shape index (κ1) is 12.0. The number of carbonyl (C=O) groups excluding carboxylic acids is 1. The summed E-state index contributed by atoms with van der Waals surface area (Å²) >= 11 is 0. The Balaban J connectivity index is 1.74. The Bertz CT molecular complexity index is 714. The largest absolute Gasteiger partial charge is 0.444 e. The van der Waals surface area contributed by atoms with Gasteiger partial charge in [0.05, 0.1) is 6.20 Å². The summed E-state index contributed by atoms with van der Waals surface area (Å²) in [4.78, 5) is 18.6. The molecular formula is C14H12N4O2. The lowest BCUT2D eigenvalue weighted by atomic mass is 10.1. The SMILES string of the molecule is Nc1c[nH]c(C(=O)Nc2ccc(-c3cnco3)cc2)c1. The number of benzene rings is 1. The molecule has 4 N–H and O–H groups in total. The summed E-state index contributed by atoms with van der Waals surface area (Å²) in [5, 5.41) is 2.77. The van der Waals surface area contributed by atoms with E-state index in [1.807, 2.05) is 12.1 Å². The van der Waals surface area contributed by atoms with Crippen molar-refractivity contribution < 1.29 is 9.21 Å². The van der Waals surface area contributed by atoms with Crippen LogP contribution in [-0.2, 0) is 0 Å². The summed E-state index contributed by atoms with van der Waals surface area (Å²) in [5.74, 6) is 0.439. The van der Waals surface area contributed by atoms with E-state index in [1.165, 1.54) is 6.39 Å². The van der Waals surface area contributed by atoms with Gasteiger partial charge in [0.1, 0.15) is 5.69 Å². The fraction of sp³-hybridized carbons (Fsp3) is 0. The Kier molecular flexibility index (Phi) is 2.96. The van der Waals surface area contributed by atoms with Gasteiger partial charge in [0.15, 0.2) is 12.2 Å². The molecule has 0 unspecified atom stereocenters. The van der Waals surface area contributed by atoms with Crippen molar-refractivity contribution in [2.75, 3.05) is 11.1 Å². The lowest BCUT2D eigenvalue weighted by molar-refractivity contribution is 0.102. The summed E-state index contributed by atoms with van der Waals surface area (Å²) < 4.78 is 5.20. The van der Waals surface area contributed by atoms with Crippen LogP contribution in [0.5, 0.6) is 0 Å². The lowest BCUT2D eigenvalue weighted by Gasteiger charge is -2.04. The summed E-state index contributed by atoms with van der Waals surface area (Å²) in [5.41, 5.74) is 8.08. The zero-order valence-electron chi connectivity index (χ0n) is 10.5. The molecule has 0 spiro atoms.